The second kappa shape index (κ2) is 7.77. The fraction of sp³-hybridized carbons (Fsp3) is 0.211. The van der Waals surface area contributed by atoms with E-state index < -0.39 is 24.0 Å². The lowest BCUT2D eigenvalue weighted by molar-refractivity contribution is -0.128. The third-order valence-electron chi connectivity index (χ3n) is 3.94. The summed E-state index contributed by atoms with van der Waals surface area (Å²) in [7, 11) is 0. The quantitative estimate of drug-likeness (QED) is 0.728. The summed E-state index contributed by atoms with van der Waals surface area (Å²) in [6.07, 6.45) is -1.27. The summed E-state index contributed by atoms with van der Waals surface area (Å²) in [5.74, 6) is -0.306. The van der Waals surface area contributed by atoms with Crippen molar-refractivity contribution in [1.82, 2.24) is 5.32 Å². The predicted octanol–water partition coefficient (Wildman–Crippen LogP) is 1.07. The number of fused-ring (bicyclic) bond motifs is 1. The lowest BCUT2D eigenvalue weighted by atomic mass is 10.1. The molecule has 0 saturated heterocycles. The van der Waals surface area contributed by atoms with Gasteiger partial charge < -0.3 is 25.8 Å². The summed E-state index contributed by atoms with van der Waals surface area (Å²) in [5, 5.41) is 5.13. The number of rotatable bonds is 5. The number of nitrogens with two attached hydrogens (primary N) is 1. The van der Waals surface area contributed by atoms with Gasteiger partial charge >= 0.3 is 0 Å². The highest BCUT2D eigenvalue weighted by Crippen LogP contribution is 2.33. The van der Waals surface area contributed by atoms with Crippen molar-refractivity contribution in [2.24, 2.45) is 5.73 Å². The molecule has 2 aromatic carbocycles. The van der Waals surface area contributed by atoms with Gasteiger partial charge in [0.05, 0.1) is 6.54 Å². The number of primary amides is 1. The van der Waals surface area contributed by atoms with Crippen molar-refractivity contribution in [2.75, 3.05) is 11.9 Å². The summed E-state index contributed by atoms with van der Waals surface area (Å²) >= 11 is 0. The van der Waals surface area contributed by atoms with Crippen molar-refractivity contribution in [1.29, 1.82) is 0 Å². The van der Waals surface area contributed by atoms with Crippen LogP contribution < -0.4 is 25.8 Å². The van der Waals surface area contributed by atoms with E-state index in [0.29, 0.717) is 22.7 Å². The Bertz CT molecular complexity index is 866. The Hall–Kier alpha value is -3.55. The van der Waals surface area contributed by atoms with Crippen LogP contribution in [0.4, 0.5) is 5.69 Å². The molecule has 0 radical (unpaired) electrons. The number of benzene rings is 2. The van der Waals surface area contributed by atoms with Crippen LogP contribution >= 0.6 is 0 Å². The van der Waals surface area contributed by atoms with Gasteiger partial charge in [0.15, 0.2) is 11.5 Å². The van der Waals surface area contributed by atoms with E-state index in [1.165, 1.54) is 12.1 Å². The van der Waals surface area contributed by atoms with Gasteiger partial charge in [-0.1, -0.05) is 12.1 Å². The second-order valence-corrected chi connectivity index (χ2v) is 6.02. The van der Waals surface area contributed by atoms with Crippen molar-refractivity contribution in [3.8, 4) is 11.5 Å². The predicted molar refractivity (Wildman–Crippen MR) is 97.5 cm³/mol. The average Bonchev–Trinajstić information content (AvgIpc) is 2.66. The van der Waals surface area contributed by atoms with E-state index in [-0.39, 0.29) is 12.5 Å². The molecular weight excluding hydrogens is 350 g/mol. The zero-order valence-electron chi connectivity index (χ0n) is 14.6. The number of carbonyl (C=O) groups excluding carboxylic acids is 3. The van der Waals surface area contributed by atoms with Gasteiger partial charge in [0.2, 0.25) is 12.0 Å². The minimum Gasteiger partial charge on any atom is -0.482 e. The SMILES string of the molecule is CC1Oc2ccccc2OC1C(=O)Nc1ccc(C(=O)NCC(N)=O)cc1. The Morgan fingerprint density at radius 1 is 1.00 bits per heavy atom. The largest absolute Gasteiger partial charge is 0.482 e. The van der Waals surface area contributed by atoms with Crippen molar-refractivity contribution in [3.63, 3.8) is 0 Å². The minimum atomic E-state index is -0.807. The number of nitrogens with one attached hydrogen (secondary N) is 2. The highest BCUT2D eigenvalue weighted by molar-refractivity contribution is 5.98. The molecule has 8 heteroatoms. The van der Waals surface area contributed by atoms with Crippen molar-refractivity contribution < 1.29 is 23.9 Å². The van der Waals surface area contributed by atoms with Crippen LogP contribution in [0.25, 0.3) is 0 Å². The fourth-order valence-corrected chi connectivity index (χ4v) is 2.59. The maximum Gasteiger partial charge on any atom is 0.269 e. The molecule has 4 N–H and O–H groups in total. The van der Waals surface area contributed by atoms with Gasteiger partial charge in [0.25, 0.3) is 11.8 Å². The molecule has 2 aromatic rings. The van der Waals surface area contributed by atoms with Crippen molar-refractivity contribution >= 4 is 23.4 Å². The summed E-state index contributed by atoms with van der Waals surface area (Å²) in [4.78, 5) is 35.1. The molecule has 3 amide bonds. The number of hydrogen-bond donors (Lipinski definition) is 3. The van der Waals surface area contributed by atoms with Gasteiger partial charge in [0, 0.05) is 11.3 Å². The maximum atomic E-state index is 12.5. The van der Waals surface area contributed by atoms with Gasteiger partial charge in [0.1, 0.15) is 6.10 Å². The van der Waals surface area contributed by atoms with Gasteiger partial charge in [-0.15, -0.1) is 0 Å². The molecule has 140 valence electrons. The Morgan fingerprint density at radius 3 is 2.26 bits per heavy atom. The van der Waals surface area contributed by atoms with E-state index in [1.807, 2.05) is 6.07 Å². The summed E-state index contributed by atoms with van der Waals surface area (Å²) in [5.41, 5.74) is 5.83. The fourth-order valence-electron chi connectivity index (χ4n) is 2.59. The molecular formula is C19H19N3O5. The Balaban J connectivity index is 1.63. The van der Waals surface area contributed by atoms with Crippen LogP contribution in [0.5, 0.6) is 11.5 Å². The third kappa shape index (κ3) is 4.35. The van der Waals surface area contributed by atoms with Gasteiger partial charge in [-0.2, -0.15) is 0 Å². The number of anilines is 1. The number of hydrogen-bond acceptors (Lipinski definition) is 5. The first-order valence-corrected chi connectivity index (χ1v) is 8.34. The van der Waals surface area contributed by atoms with Crippen molar-refractivity contribution in [2.45, 2.75) is 19.1 Å². The number of amides is 3. The molecule has 8 nitrogen and oxygen atoms in total. The Morgan fingerprint density at radius 2 is 1.63 bits per heavy atom. The van der Waals surface area contributed by atoms with E-state index in [9.17, 15) is 14.4 Å². The standard InChI is InChI=1S/C19H19N3O5/c1-11-17(27-15-5-3-2-4-14(15)26-11)19(25)22-13-8-6-12(7-9-13)18(24)21-10-16(20)23/h2-9,11,17H,10H2,1H3,(H2,20,23)(H,21,24)(H,22,25). The number of para-hydroxylation sites is 2. The first-order valence-electron chi connectivity index (χ1n) is 8.34. The maximum absolute atomic E-state index is 12.5. The van der Waals surface area contributed by atoms with E-state index in [1.54, 1.807) is 37.3 Å². The molecule has 2 unspecified atom stereocenters. The zero-order valence-corrected chi connectivity index (χ0v) is 14.6. The molecule has 1 aliphatic rings. The molecule has 27 heavy (non-hydrogen) atoms. The molecule has 0 fully saturated rings. The van der Waals surface area contributed by atoms with Crippen molar-refractivity contribution in [3.05, 3.63) is 54.1 Å². The van der Waals surface area contributed by atoms with Crippen LogP contribution in [-0.4, -0.2) is 36.5 Å². The molecule has 0 aromatic heterocycles. The Kier molecular flexibility index (Phi) is 5.25. The van der Waals surface area contributed by atoms with Crippen LogP contribution in [0.3, 0.4) is 0 Å². The molecule has 0 saturated carbocycles. The molecule has 0 spiro atoms. The van der Waals surface area contributed by atoms with E-state index in [4.69, 9.17) is 15.2 Å². The highest BCUT2D eigenvalue weighted by atomic mass is 16.6. The van der Waals surface area contributed by atoms with Crippen LogP contribution in [0, 0.1) is 0 Å². The van der Waals surface area contributed by atoms with Gasteiger partial charge in [-0.25, -0.2) is 0 Å². The first kappa shape index (κ1) is 18.2. The molecule has 1 aliphatic heterocycles. The second-order valence-electron chi connectivity index (χ2n) is 6.02. The lowest BCUT2D eigenvalue weighted by Gasteiger charge is -2.31. The molecule has 3 rings (SSSR count). The molecule has 0 bridgehead atoms. The van der Waals surface area contributed by atoms with E-state index >= 15 is 0 Å². The van der Waals surface area contributed by atoms with Gasteiger partial charge in [-0.05, 0) is 43.3 Å². The normalized spacial score (nSPS) is 17.7. The van der Waals surface area contributed by atoms with Crippen LogP contribution in [0.15, 0.2) is 48.5 Å². The summed E-state index contributed by atoms with van der Waals surface area (Å²) in [6.45, 7) is 1.52. The van der Waals surface area contributed by atoms with Gasteiger partial charge in [-0.3, -0.25) is 14.4 Å². The van der Waals surface area contributed by atoms with Crippen LogP contribution in [0.2, 0.25) is 0 Å². The van der Waals surface area contributed by atoms with E-state index in [2.05, 4.69) is 10.6 Å². The number of ether oxygens (including phenoxy) is 2. The summed E-state index contributed by atoms with van der Waals surface area (Å²) < 4.78 is 11.5. The smallest absolute Gasteiger partial charge is 0.269 e. The van der Waals surface area contributed by atoms with Crippen LogP contribution in [-0.2, 0) is 9.59 Å². The lowest BCUT2D eigenvalue weighted by Crippen LogP contribution is -2.46. The summed E-state index contributed by atoms with van der Waals surface area (Å²) in [6, 6.07) is 13.4. The highest BCUT2D eigenvalue weighted by Gasteiger charge is 2.34. The number of carbonyl (C=O) groups is 3. The zero-order chi connectivity index (χ0) is 19.4. The molecule has 2 atom stereocenters. The minimum absolute atomic E-state index is 0.240. The first-order chi connectivity index (χ1) is 12.9. The average molecular weight is 369 g/mol. The van der Waals surface area contributed by atoms with Crippen LogP contribution in [0.1, 0.15) is 17.3 Å². The topological polar surface area (TPSA) is 120 Å². The monoisotopic (exact) mass is 369 g/mol. The molecule has 0 aliphatic carbocycles. The Labute approximate surface area is 155 Å². The third-order valence-corrected chi connectivity index (χ3v) is 3.94. The molecule has 1 heterocycles. The van der Waals surface area contributed by atoms with E-state index in [0.717, 1.165) is 0 Å².